The standard InChI is InChI=1S/C20H18ClFN6O.C14H15N5OS/c1-12-10-28(11-23-12)16-8-7-13(9-17(16)29-3)19-25-20(27(2)26-19)24-18-14(21)5-4-6-15(18)22;1-9-7-19(8-15-9)11-5-4-10(6-12(11)20-3)13-16-14(21)18(2)17-13/h4-11H,1-3H3,(H,24,25,26);4-8H,1-3H3,(H,16,17,21). The number of H-pyrrole nitrogens is 1. The van der Waals surface area contributed by atoms with Crippen molar-refractivity contribution in [1.82, 2.24) is 48.6 Å². The smallest absolute Gasteiger partial charge is 0.226 e. The zero-order valence-corrected chi connectivity index (χ0v) is 29.6. The molecule has 7 rings (SSSR count). The number of hydrogen-bond donors (Lipinski definition) is 2. The summed E-state index contributed by atoms with van der Waals surface area (Å²) in [5.74, 6) is 2.47. The van der Waals surface area contributed by atoms with Gasteiger partial charge in [-0.15, -0.1) is 5.10 Å². The van der Waals surface area contributed by atoms with E-state index in [-0.39, 0.29) is 10.7 Å². The van der Waals surface area contributed by atoms with E-state index in [0.29, 0.717) is 28.1 Å². The van der Waals surface area contributed by atoms with Crippen LogP contribution < -0.4 is 14.8 Å². The topological polar surface area (TPSA) is 130 Å². The minimum absolute atomic E-state index is 0.152. The molecule has 13 nitrogen and oxygen atoms in total. The summed E-state index contributed by atoms with van der Waals surface area (Å²) in [5, 5.41) is 10.7. The largest absolute Gasteiger partial charge is 0.495 e. The van der Waals surface area contributed by atoms with E-state index >= 15 is 0 Å². The van der Waals surface area contributed by atoms with Gasteiger partial charge in [-0.1, -0.05) is 17.7 Å². The lowest BCUT2D eigenvalue weighted by molar-refractivity contribution is 0.413. The van der Waals surface area contributed by atoms with Crippen LogP contribution in [0.25, 0.3) is 34.2 Å². The molecule has 16 heteroatoms. The van der Waals surface area contributed by atoms with Gasteiger partial charge in [0.25, 0.3) is 0 Å². The number of benzene rings is 3. The maximum Gasteiger partial charge on any atom is 0.226 e. The number of aromatic nitrogens is 10. The molecule has 0 aliphatic heterocycles. The fraction of sp³-hybridized carbons (Fsp3) is 0.176. The first-order chi connectivity index (χ1) is 24.0. The van der Waals surface area contributed by atoms with Gasteiger partial charge in [-0.25, -0.2) is 19.0 Å². The number of imidazole rings is 2. The van der Waals surface area contributed by atoms with Crippen molar-refractivity contribution in [1.29, 1.82) is 0 Å². The molecule has 0 spiro atoms. The first-order valence-electron chi connectivity index (χ1n) is 15.2. The normalized spacial score (nSPS) is 10.9. The van der Waals surface area contributed by atoms with Crippen molar-refractivity contribution in [3.05, 3.63) is 107 Å². The monoisotopic (exact) mass is 713 g/mol. The van der Waals surface area contributed by atoms with Gasteiger partial charge in [0.15, 0.2) is 11.6 Å². The van der Waals surface area contributed by atoms with Crippen LogP contribution in [0.1, 0.15) is 11.4 Å². The predicted molar refractivity (Wildman–Crippen MR) is 192 cm³/mol. The first-order valence-corrected chi connectivity index (χ1v) is 16.0. The molecule has 0 fully saturated rings. The molecule has 4 heterocycles. The van der Waals surface area contributed by atoms with E-state index < -0.39 is 5.82 Å². The van der Waals surface area contributed by atoms with Gasteiger partial charge in [-0.2, -0.15) is 9.97 Å². The Kier molecular flexibility index (Phi) is 9.79. The van der Waals surface area contributed by atoms with E-state index in [9.17, 15) is 4.39 Å². The van der Waals surface area contributed by atoms with Crippen LogP contribution in [0.2, 0.25) is 5.02 Å². The molecule has 0 saturated carbocycles. The van der Waals surface area contributed by atoms with Crippen LogP contribution in [-0.2, 0) is 14.1 Å². The lowest BCUT2D eigenvalue weighted by atomic mass is 10.1. The maximum absolute atomic E-state index is 14.1. The second-order valence-corrected chi connectivity index (χ2v) is 11.9. The summed E-state index contributed by atoms with van der Waals surface area (Å²) in [6.07, 6.45) is 7.36. The fourth-order valence-electron chi connectivity index (χ4n) is 5.05. The molecule has 0 bridgehead atoms. The molecule has 0 amide bonds. The van der Waals surface area contributed by atoms with Crippen molar-refractivity contribution in [3.63, 3.8) is 0 Å². The predicted octanol–water partition coefficient (Wildman–Crippen LogP) is 7.17. The van der Waals surface area contributed by atoms with Gasteiger partial charge in [0, 0.05) is 37.6 Å². The minimum atomic E-state index is -0.469. The Morgan fingerprint density at radius 2 is 1.44 bits per heavy atom. The maximum atomic E-state index is 14.1. The number of rotatable bonds is 8. The van der Waals surface area contributed by atoms with Crippen molar-refractivity contribution >= 4 is 35.5 Å². The highest BCUT2D eigenvalue weighted by Gasteiger charge is 2.16. The highest BCUT2D eigenvalue weighted by Crippen LogP contribution is 2.32. The lowest BCUT2D eigenvalue weighted by Crippen LogP contribution is -2.02. The fourth-order valence-corrected chi connectivity index (χ4v) is 5.40. The number of nitrogens with zero attached hydrogens (tertiary/aromatic N) is 9. The van der Waals surface area contributed by atoms with Crippen LogP contribution >= 0.6 is 23.8 Å². The molecule has 256 valence electrons. The Hall–Kier alpha value is -5.80. The van der Waals surface area contributed by atoms with Gasteiger partial charge in [0.05, 0.1) is 60.3 Å². The summed E-state index contributed by atoms with van der Waals surface area (Å²) < 4.78 is 32.7. The first kappa shape index (κ1) is 34.1. The highest BCUT2D eigenvalue weighted by atomic mass is 35.5. The zero-order valence-electron chi connectivity index (χ0n) is 28.0. The molecule has 2 N–H and O–H groups in total. The number of aryl methyl sites for hydroxylation is 4. The Balaban J connectivity index is 0.000000182. The Labute approximate surface area is 297 Å². The molecule has 0 unspecified atom stereocenters. The summed E-state index contributed by atoms with van der Waals surface area (Å²) in [4.78, 5) is 17.3. The molecule has 0 radical (unpaired) electrons. The highest BCUT2D eigenvalue weighted by molar-refractivity contribution is 7.71. The average Bonchev–Trinajstić information content (AvgIpc) is 3.91. The number of methoxy groups -OCH3 is 2. The third-order valence-corrected chi connectivity index (χ3v) is 8.28. The van der Waals surface area contributed by atoms with Crippen molar-refractivity contribution in [2.24, 2.45) is 14.1 Å². The number of para-hydroxylation sites is 1. The van der Waals surface area contributed by atoms with Crippen LogP contribution in [0.3, 0.4) is 0 Å². The number of nitrogens with one attached hydrogen (secondary N) is 2. The molecule has 0 atom stereocenters. The SMILES string of the molecule is COc1cc(-c2nc(=S)n(C)[nH]2)ccc1-n1cnc(C)c1.COc1cc(-c2nc(Nc3c(F)cccc3Cl)n(C)n2)ccc1-n1cnc(C)c1. The lowest BCUT2D eigenvalue weighted by Gasteiger charge is -2.10. The molecule has 7 aromatic rings. The van der Waals surface area contributed by atoms with Gasteiger partial charge in [0.2, 0.25) is 10.7 Å². The summed E-state index contributed by atoms with van der Waals surface area (Å²) in [6, 6.07) is 16.0. The summed E-state index contributed by atoms with van der Waals surface area (Å²) in [7, 11) is 6.80. The van der Waals surface area contributed by atoms with Crippen LogP contribution in [-0.4, -0.2) is 62.9 Å². The summed E-state index contributed by atoms with van der Waals surface area (Å²) in [5.41, 5.74) is 5.46. The number of aromatic amines is 1. The quantitative estimate of drug-likeness (QED) is 0.158. The summed E-state index contributed by atoms with van der Waals surface area (Å²) >= 11 is 11.2. The van der Waals surface area contributed by atoms with Crippen molar-refractivity contribution in [3.8, 4) is 45.6 Å². The molecular formula is C34H33ClFN11O2S. The van der Waals surface area contributed by atoms with E-state index in [1.165, 1.54) is 10.7 Å². The Morgan fingerprint density at radius 1 is 0.840 bits per heavy atom. The van der Waals surface area contributed by atoms with Crippen molar-refractivity contribution in [2.45, 2.75) is 13.8 Å². The number of anilines is 2. The third-order valence-electron chi connectivity index (χ3n) is 7.60. The Bertz CT molecular complexity index is 2340. The zero-order chi connectivity index (χ0) is 35.5. The van der Waals surface area contributed by atoms with Crippen molar-refractivity contribution in [2.75, 3.05) is 19.5 Å². The molecular weight excluding hydrogens is 681 g/mol. The third kappa shape index (κ3) is 7.13. The van der Waals surface area contributed by atoms with Crippen molar-refractivity contribution < 1.29 is 13.9 Å². The molecule has 0 saturated heterocycles. The molecule has 0 aliphatic rings. The molecule has 4 aromatic heterocycles. The van der Waals surface area contributed by atoms with E-state index in [2.05, 4.69) is 35.5 Å². The van der Waals surface area contributed by atoms with E-state index in [0.717, 1.165) is 39.6 Å². The van der Waals surface area contributed by atoms with Gasteiger partial charge in [0.1, 0.15) is 17.3 Å². The van der Waals surface area contributed by atoms with Gasteiger partial charge < -0.3 is 23.9 Å². The molecule has 3 aromatic carbocycles. The second-order valence-electron chi connectivity index (χ2n) is 11.1. The minimum Gasteiger partial charge on any atom is -0.495 e. The van der Waals surface area contributed by atoms with Crippen LogP contribution in [0.15, 0.2) is 79.6 Å². The number of hydrogen-bond acceptors (Lipinski definition) is 9. The molecule has 0 aliphatic carbocycles. The van der Waals surface area contributed by atoms with Gasteiger partial charge in [-0.3, -0.25) is 9.78 Å². The average molecular weight is 714 g/mol. The van der Waals surface area contributed by atoms with E-state index in [1.807, 2.05) is 78.8 Å². The number of halogens is 2. The Morgan fingerprint density at radius 3 is 1.96 bits per heavy atom. The van der Waals surface area contributed by atoms with Crippen LogP contribution in [0, 0.1) is 24.4 Å². The number of ether oxygens (including phenoxy) is 2. The van der Waals surface area contributed by atoms with Gasteiger partial charge >= 0.3 is 0 Å². The van der Waals surface area contributed by atoms with E-state index in [4.69, 9.17) is 33.3 Å². The summed E-state index contributed by atoms with van der Waals surface area (Å²) in [6.45, 7) is 3.87. The van der Waals surface area contributed by atoms with Crippen LogP contribution in [0.5, 0.6) is 11.5 Å². The van der Waals surface area contributed by atoms with Crippen LogP contribution in [0.4, 0.5) is 16.0 Å². The molecule has 50 heavy (non-hydrogen) atoms. The second kappa shape index (κ2) is 14.4. The van der Waals surface area contributed by atoms with Gasteiger partial charge in [-0.05, 0) is 74.6 Å². The van der Waals surface area contributed by atoms with E-state index in [1.54, 1.807) is 50.7 Å².